The summed E-state index contributed by atoms with van der Waals surface area (Å²) in [5.74, 6) is 0.0472. The average Bonchev–Trinajstić information content (AvgIpc) is 2.29. The predicted octanol–water partition coefficient (Wildman–Crippen LogP) is -0.284. The molecule has 0 aliphatic carbocycles. The van der Waals surface area contributed by atoms with Gasteiger partial charge in [-0.2, -0.15) is 0 Å². The average molecular weight is 260 g/mol. The van der Waals surface area contributed by atoms with Crippen LogP contribution < -0.4 is 5.73 Å². The number of sulfonamides is 1. The fourth-order valence-electron chi connectivity index (χ4n) is 1.19. The SMILES string of the molecule is COCCCN(C)S(=O)(=O)c1cnc(N)nc1. The van der Waals surface area contributed by atoms with E-state index in [1.807, 2.05) is 0 Å². The molecule has 8 heteroatoms. The number of nitrogens with zero attached hydrogens (tertiary/aromatic N) is 3. The van der Waals surface area contributed by atoms with Crippen LogP contribution in [-0.2, 0) is 14.8 Å². The van der Waals surface area contributed by atoms with Crippen LogP contribution in [0.3, 0.4) is 0 Å². The van der Waals surface area contributed by atoms with Crippen molar-refractivity contribution in [1.29, 1.82) is 0 Å². The topological polar surface area (TPSA) is 98.4 Å². The zero-order chi connectivity index (χ0) is 12.9. The maximum absolute atomic E-state index is 12.0. The summed E-state index contributed by atoms with van der Waals surface area (Å²) in [6.07, 6.45) is 3.02. The Balaban J connectivity index is 2.76. The van der Waals surface area contributed by atoms with Crippen molar-refractivity contribution in [3.05, 3.63) is 12.4 Å². The number of ether oxygens (including phenoxy) is 1. The molecule has 0 saturated heterocycles. The summed E-state index contributed by atoms with van der Waals surface area (Å²) in [5.41, 5.74) is 5.30. The van der Waals surface area contributed by atoms with Gasteiger partial charge >= 0.3 is 0 Å². The number of methoxy groups -OCH3 is 1. The van der Waals surface area contributed by atoms with Crippen LogP contribution in [0.15, 0.2) is 17.3 Å². The molecule has 0 amide bonds. The molecule has 0 aliphatic rings. The molecule has 0 spiro atoms. The smallest absolute Gasteiger partial charge is 0.245 e. The van der Waals surface area contributed by atoms with Gasteiger partial charge in [-0.15, -0.1) is 0 Å². The van der Waals surface area contributed by atoms with Gasteiger partial charge in [0.2, 0.25) is 16.0 Å². The zero-order valence-corrected chi connectivity index (χ0v) is 10.6. The van der Waals surface area contributed by atoms with Gasteiger partial charge in [0.25, 0.3) is 0 Å². The van der Waals surface area contributed by atoms with Crippen LogP contribution in [0.25, 0.3) is 0 Å². The summed E-state index contributed by atoms with van der Waals surface area (Å²) < 4.78 is 30.1. The van der Waals surface area contributed by atoms with Crippen LogP contribution in [0.5, 0.6) is 0 Å². The second kappa shape index (κ2) is 5.89. The van der Waals surface area contributed by atoms with Gasteiger partial charge in [0.05, 0.1) is 12.4 Å². The Morgan fingerprint density at radius 1 is 1.41 bits per heavy atom. The van der Waals surface area contributed by atoms with E-state index in [0.717, 1.165) is 0 Å². The van der Waals surface area contributed by atoms with Gasteiger partial charge in [-0.3, -0.25) is 0 Å². The lowest BCUT2D eigenvalue weighted by Gasteiger charge is -2.16. The number of hydrogen-bond acceptors (Lipinski definition) is 6. The lowest BCUT2D eigenvalue weighted by molar-refractivity contribution is 0.189. The first-order valence-electron chi connectivity index (χ1n) is 5.01. The highest BCUT2D eigenvalue weighted by Crippen LogP contribution is 2.12. The van der Waals surface area contributed by atoms with Crippen LogP contribution in [0.4, 0.5) is 5.95 Å². The van der Waals surface area contributed by atoms with Crippen molar-refractivity contribution in [2.24, 2.45) is 0 Å². The van der Waals surface area contributed by atoms with E-state index in [1.165, 1.54) is 23.7 Å². The first-order chi connectivity index (χ1) is 7.98. The lowest BCUT2D eigenvalue weighted by atomic mass is 10.5. The minimum atomic E-state index is -3.54. The van der Waals surface area contributed by atoms with Crippen LogP contribution in [0.1, 0.15) is 6.42 Å². The zero-order valence-electron chi connectivity index (χ0n) is 9.83. The van der Waals surface area contributed by atoms with Gasteiger partial charge in [-0.25, -0.2) is 22.7 Å². The van der Waals surface area contributed by atoms with Gasteiger partial charge in [0.15, 0.2) is 0 Å². The van der Waals surface area contributed by atoms with E-state index in [-0.39, 0.29) is 10.8 Å². The van der Waals surface area contributed by atoms with Gasteiger partial charge < -0.3 is 10.5 Å². The van der Waals surface area contributed by atoms with Crippen molar-refractivity contribution in [2.75, 3.05) is 33.0 Å². The van der Waals surface area contributed by atoms with Crippen molar-refractivity contribution in [1.82, 2.24) is 14.3 Å². The Morgan fingerprint density at radius 2 is 2.00 bits per heavy atom. The monoisotopic (exact) mass is 260 g/mol. The Labute approximate surface area is 101 Å². The normalized spacial score (nSPS) is 11.9. The van der Waals surface area contributed by atoms with E-state index in [4.69, 9.17) is 10.5 Å². The van der Waals surface area contributed by atoms with Gasteiger partial charge in [-0.1, -0.05) is 0 Å². The molecular formula is C9H16N4O3S. The molecular weight excluding hydrogens is 244 g/mol. The van der Waals surface area contributed by atoms with E-state index < -0.39 is 10.0 Å². The van der Waals surface area contributed by atoms with E-state index in [9.17, 15) is 8.42 Å². The van der Waals surface area contributed by atoms with E-state index in [0.29, 0.717) is 19.6 Å². The largest absolute Gasteiger partial charge is 0.385 e. The summed E-state index contributed by atoms with van der Waals surface area (Å²) in [7, 11) is -0.466. The fraction of sp³-hybridized carbons (Fsp3) is 0.556. The molecule has 0 saturated carbocycles. The first-order valence-corrected chi connectivity index (χ1v) is 6.45. The molecule has 0 unspecified atom stereocenters. The number of nitrogen functional groups attached to an aromatic ring is 1. The third-order valence-electron chi connectivity index (χ3n) is 2.18. The molecule has 0 aliphatic heterocycles. The molecule has 0 fully saturated rings. The lowest BCUT2D eigenvalue weighted by Crippen LogP contribution is -2.28. The molecule has 0 aromatic carbocycles. The van der Waals surface area contributed by atoms with Gasteiger partial charge in [0.1, 0.15) is 4.90 Å². The number of rotatable bonds is 6. The van der Waals surface area contributed by atoms with Crippen molar-refractivity contribution >= 4 is 16.0 Å². The first kappa shape index (κ1) is 13.8. The molecule has 7 nitrogen and oxygen atoms in total. The maximum atomic E-state index is 12.0. The number of nitrogens with two attached hydrogens (primary N) is 1. The highest BCUT2D eigenvalue weighted by molar-refractivity contribution is 7.89. The third kappa shape index (κ3) is 3.62. The molecule has 1 heterocycles. The molecule has 0 radical (unpaired) electrons. The number of anilines is 1. The summed E-state index contributed by atoms with van der Waals surface area (Å²) in [5, 5.41) is 0. The standard InChI is InChI=1S/C9H16N4O3S/c1-13(4-3-5-16-2)17(14,15)8-6-11-9(10)12-7-8/h6-7H,3-5H2,1-2H3,(H2,10,11,12). The quantitative estimate of drug-likeness (QED) is 0.706. The second-order valence-electron chi connectivity index (χ2n) is 3.45. The van der Waals surface area contributed by atoms with Crippen LogP contribution in [0, 0.1) is 0 Å². The summed E-state index contributed by atoms with van der Waals surface area (Å²) >= 11 is 0. The predicted molar refractivity (Wildman–Crippen MR) is 62.8 cm³/mol. The summed E-state index contributed by atoms with van der Waals surface area (Å²) in [6, 6.07) is 0. The molecule has 2 N–H and O–H groups in total. The van der Waals surface area contributed by atoms with Crippen molar-refractivity contribution < 1.29 is 13.2 Å². The molecule has 1 rings (SSSR count). The molecule has 1 aromatic rings. The van der Waals surface area contributed by atoms with E-state index in [1.54, 1.807) is 7.11 Å². The Morgan fingerprint density at radius 3 is 2.53 bits per heavy atom. The van der Waals surface area contributed by atoms with Crippen molar-refractivity contribution in [3.63, 3.8) is 0 Å². The third-order valence-corrected chi connectivity index (χ3v) is 3.99. The Bertz CT molecular complexity index is 446. The Kier molecular flexibility index (Phi) is 4.79. The molecule has 0 bridgehead atoms. The molecule has 17 heavy (non-hydrogen) atoms. The fourth-order valence-corrected chi connectivity index (χ4v) is 2.29. The van der Waals surface area contributed by atoms with E-state index in [2.05, 4.69) is 9.97 Å². The molecule has 0 atom stereocenters. The highest BCUT2D eigenvalue weighted by atomic mass is 32.2. The van der Waals surface area contributed by atoms with Crippen molar-refractivity contribution in [2.45, 2.75) is 11.3 Å². The van der Waals surface area contributed by atoms with Crippen LogP contribution in [-0.4, -0.2) is 50.0 Å². The molecule has 1 aromatic heterocycles. The van der Waals surface area contributed by atoms with Gasteiger partial charge in [0, 0.05) is 27.3 Å². The highest BCUT2D eigenvalue weighted by Gasteiger charge is 2.20. The van der Waals surface area contributed by atoms with Crippen LogP contribution in [0.2, 0.25) is 0 Å². The number of hydrogen-bond donors (Lipinski definition) is 1. The Hall–Kier alpha value is -1.25. The number of aromatic nitrogens is 2. The minimum Gasteiger partial charge on any atom is -0.385 e. The minimum absolute atomic E-state index is 0.0339. The summed E-state index contributed by atoms with van der Waals surface area (Å²) in [6.45, 7) is 0.888. The van der Waals surface area contributed by atoms with Crippen molar-refractivity contribution in [3.8, 4) is 0 Å². The second-order valence-corrected chi connectivity index (χ2v) is 5.49. The molecule has 96 valence electrons. The maximum Gasteiger partial charge on any atom is 0.245 e. The van der Waals surface area contributed by atoms with Crippen LogP contribution >= 0.6 is 0 Å². The van der Waals surface area contributed by atoms with Gasteiger partial charge in [-0.05, 0) is 6.42 Å². The summed E-state index contributed by atoms with van der Waals surface area (Å²) in [4.78, 5) is 7.35. The van der Waals surface area contributed by atoms with E-state index >= 15 is 0 Å².